The Morgan fingerprint density at radius 2 is 2.05 bits per heavy atom. The minimum Gasteiger partial charge on any atom is -0.396 e. The van der Waals surface area contributed by atoms with E-state index in [0.29, 0.717) is 5.69 Å². The third-order valence-electron chi connectivity index (χ3n) is 2.75. The molecule has 0 atom stereocenters. The Balaban J connectivity index is 2.06. The number of rotatable bonds is 5. The Morgan fingerprint density at radius 1 is 1.37 bits per heavy atom. The molecule has 6 N–H and O–H groups in total. The van der Waals surface area contributed by atoms with Crippen LogP contribution in [0.1, 0.15) is 12.8 Å². The van der Waals surface area contributed by atoms with Gasteiger partial charge in [-0.15, -0.1) is 0 Å². The maximum Gasteiger partial charge on any atom is 0.240 e. The normalized spacial score (nSPS) is 15.0. The molecule has 1 fully saturated rings. The van der Waals surface area contributed by atoms with Crippen LogP contribution in [-0.4, -0.2) is 26.9 Å². The van der Waals surface area contributed by atoms with Gasteiger partial charge in [-0.1, -0.05) is 6.07 Å². The van der Waals surface area contributed by atoms with Crippen LogP contribution in [0.2, 0.25) is 0 Å². The van der Waals surface area contributed by atoms with Gasteiger partial charge in [-0.25, -0.2) is 13.6 Å². The topological polar surface area (TPSA) is 127 Å². The van der Waals surface area contributed by atoms with E-state index < -0.39 is 10.0 Å². The lowest BCUT2D eigenvalue weighted by atomic mass is 10.2. The van der Waals surface area contributed by atoms with Crippen molar-refractivity contribution in [1.29, 1.82) is 0 Å². The molecule has 1 amide bonds. The molecular formula is C11H16N4O3S. The van der Waals surface area contributed by atoms with E-state index in [2.05, 4.69) is 10.6 Å². The molecule has 0 radical (unpaired) electrons. The summed E-state index contributed by atoms with van der Waals surface area (Å²) in [5.41, 5.74) is 6.11. The van der Waals surface area contributed by atoms with Crippen LogP contribution in [0.5, 0.6) is 0 Å². The zero-order valence-electron chi connectivity index (χ0n) is 10.2. The smallest absolute Gasteiger partial charge is 0.240 e. The van der Waals surface area contributed by atoms with E-state index in [-0.39, 0.29) is 29.1 Å². The number of benzene rings is 1. The quantitative estimate of drug-likeness (QED) is 0.547. The lowest BCUT2D eigenvalue weighted by Gasteiger charge is -2.11. The lowest BCUT2D eigenvalue weighted by molar-refractivity contribution is -0.119. The second-order valence-electron chi connectivity index (χ2n) is 4.46. The fourth-order valence-corrected chi connectivity index (χ4v) is 2.31. The molecule has 104 valence electrons. The molecule has 0 aliphatic heterocycles. The van der Waals surface area contributed by atoms with Gasteiger partial charge in [0.15, 0.2) is 0 Å². The summed E-state index contributed by atoms with van der Waals surface area (Å²) in [6.45, 7) is 0.0365. The van der Waals surface area contributed by atoms with E-state index in [1.54, 1.807) is 6.07 Å². The molecule has 7 nitrogen and oxygen atoms in total. The monoisotopic (exact) mass is 284 g/mol. The van der Waals surface area contributed by atoms with Crippen LogP contribution in [-0.2, 0) is 14.8 Å². The van der Waals surface area contributed by atoms with Crippen LogP contribution in [0.15, 0.2) is 23.1 Å². The Labute approximate surface area is 111 Å². The number of hydrogen-bond acceptors (Lipinski definition) is 5. The third-order valence-corrected chi connectivity index (χ3v) is 3.72. The summed E-state index contributed by atoms with van der Waals surface area (Å²) < 4.78 is 22.6. The number of para-hydroxylation sites is 1. The van der Waals surface area contributed by atoms with Crippen molar-refractivity contribution >= 4 is 27.3 Å². The summed E-state index contributed by atoms with van der Waals surface area (Å²) in [6, 6.07) is 4.70. The zero-order valence-corrected chi connectivity index (χ0v) is 11.0. The molecule has 1 saturated carbocycles. The van der Waals surface area contributed by atoms with Crippen LogP contribution in [0, 0.1) is 0 Å². The summed E-state index contributed by atoms with van der Waals surface area (Å²) in [5.74, 6) is -0.150. The fourth-order valence-electron chi connectivity index (χ4n) is 1.63. The van der Waals surface area contributed by atoms with Gasteiger partial charge in [-0.2, -0.15) is 0 Å². The Bertz CT molecular complexity index is 596. The summed E-state index contributed by atoms with van der Waals surface area (Å²) in [4.78, 5) is 11.3. The number of primary sulfonamides is 1. The Morgan fingerprint density at radius 3 is 2.63 bits per heavy atom. The number of carbonyl (C=O) groups is 1. The van der Waals surface area contributed by atoms with Crippen LogP contribution < -0.4 is 21.5 Å². The second kappa shape index (κ2) is 5.06. The molecule has 1 aromatic rings. The molecule has 0 saturated heterocycles. The number of anilines is 2. The zero-order chi connectivity index (χ0) is 14.0. The molecular weight excluding hydrogens is 268 g/mol. The van der Waals surface area contributed by atoms with E-state index in [9.17, 15) is 13.2 Å². The summed E-state index contributed by atoms with van der Waals surface area (Å²) in [7, 11) is -3.87. The average Bonchev–Trinajstić information content (AvgIpc) is 3.10. The van der Waals surface area contributed by atoms with Crippen molar-refractivity contribution in [2.75, 3.05) is 17.6 Å². The van der Waals surface area contributed by atoms with Gasteiger partial charge in [-0.05, 0) is 25.0 Å². The van der Waals surface area contributed by atoms with Gasteiger partial charge < -0.3 is 16.4 Å². The lowest BCUT2D eigenvalue weighted by Crippen LogP contribution is -2.31. The second-order valence-corrected chi connectivity index (χ2v) is 5.99. The van der Waals surface area contributed by atoms with Crippen LogP contribution >= 0.6 is 0 Å². The molecule has 19 heavy (non-hydrogen) atoms. The maximum absolute atomic E-state index is 11.5. The molecule has 0 bridgehead atoms. The van der Waals surface area contributed by atoms with Gasteiger partial charge in [-0.3, -0.25) is 4.79 Å². The molecule has 1 aromatic carbocycles. The Kier molecular flexibility index (Phi) is 3.63. The molecule has 0 spiro atoms. The van der Waals surface area contributed by atoms with Crippen LogP contribution in [0.4, 0.5) is 11.4 Å². The van der Waals surface area contributed by atoms with Crippen LogP contribution in [0.3, 0.4) is 0 Å². The SMILES string of the molecule is Nc1c(NCC(=O)NC2CC2)cccc1S(N)(=O)=O. The van der Waals surface area contributed by atoms with Gasteiger partial charge in [0, 0.05) is 6.04 Å². The molecule has 1 aliphatic rings. The number of carbonyl (C=O) groups excluding carboxylic acids is 1. The largest absolute Gasteiger partial charge is 0.396 e. The van der Waals surface area contributed by atoms with Crippen molar-refractivity contribution in [1.82, 2.24) is 5.32 Å². The highest BCUT2D eigenvalue weighted by atomic mass is 32.2. The molecule has 8 heteroatoms. The summed E-state index contributed by atoms with van der Waals surface area (Å²) in [6.07, 6.45) is 2.02. The molecule has 1 aliphatic carbocycles. The average molecular weight is 284 g/mol. The highest BCUT2D eigenvalue weighted by Crippen LogP contribution is 2.25. The van der Waals surface area contributed by atoms with Gasteiger partial charge in [0.2, 0.25) is 15.9 Å². The van der Waals surface area contributed by atoms with E-state index in [4.69, 9.17) is 10.9 Å². The summed E-state index contributed by atoms with van der Waals surface area (Å²) in [5, 5.41) is 10.6. The molecule has 0 heterocycles. The van der Waals surface area contributed by atoms with Gasteiger partial charge in [0.25, 0.3) is 0 Å². The van der Waals surface area contributed by atoms with Gasteiger partial charge in [0.05, 0.1) is 17.9 Å². The fraction of sp³-hybridized carbons (Fsp3) is 0.364. The predicted octanol–water partition coefficient (Wildman–Crippen LogP) is -0.393. The van der Waals surface area contributed by atoms with Gasteiger partial charge in [0.1, 0.15) is 4.90 Å². The minimum atomic E-state index is -3.87. The standard InChI is InChI=1S/C11H16N4O3S/c12-11-8(2-1-3-9(11)19(13,17)18)14-6-10(16)15-7-4-5-7/h1-3,7,14H,4-6,12H2,(H,15,16)(H2,13,17,18). The third kappa shape index (κ3) is 3.58. The van der Waals surface area contributed by atoms with Crippen molar-refractivity contribution < 1.29 is 13.2 Å². The number of nitrogens with one attached hydrogen (secondary N) is 2. The summed E-state index contributed by atoms with van der Waals surface area (Å²) >= 11 is 0. The number of hydrogen-bond donors (Lipinski definition) is 4. The highest BCUT2D eigenvalue weighted by molar-refractivity contribution is 7.89. The van der Waals surface area contributed by atoms with E-state index >= 15 is 0 Å². The van der Waals surface area contributed by atoms with Crippen LogP contribution in [0.25, 0.3) is 0 Å². The van der Waals surface area contributed by atoms with Crippen molar-refractivity contribution in [2.45, 2.75) is 23.8 Å². The van der Waals surface area contributed by atoms with E-state index in [1.165, 1.54) is 12.1 Å². The predicted molar refractivity (Wildman–Crippen MR) is 71.9 cm³/mol. The van der Waals surface area contributed by atoms with Crippen molar-refractivity contribution in [3.63, 3.8) is 0 Å². The van der Waals surface area contributed by atoms with Crippen molar-refractivity contribution in [3.8, 4) is 0 Å². The van der Waals surface area contributed by atoms with Crippen molar-refractivity contribution in [2.24, 2.45) is 5.14 Å². The van der Waals surface area contributed by atoms with E-state index in [1.807, 2.05) is 0 Å². The van der Waals surface area contributed by atoms with E-state index in [0.717, 1.165) is 12.8 Å². The number of amides is 1. The minimum absolute atomic E-state index is 0.0178. The van der Waals surface area contributed by atoms with Gasteiger partial charge >= 0.3 is 0 Å². The first-order valence-electron chi connectivity index (χ1n) is 5.82. The van der Waals surface area contributed by atoms with Crippen molar-refractivity contribution in [3.05, 3.63) is 18.2 Å². The molecule has 0 unspecified atom stereocenters. The number of sulfonamides is 1. The molecule has 2 rings (SSSR count). The first-order valence-corrected chi connectivity index (χ1v) is 7.37. The Hall–Kier alpha value is -1.80. The maximum atomic E-state index is 11.5. The molecule has 0 aromatic heterocycles. The highest BCUT2D eigenvalue weighted by Gasteiger charge is 2.23. The number of nitrogen functional groups attached to an aromatic ring is 1. The first kappa shape index (κ1) is 13.6. The number of nitrogens with two attached hydrogens (primary N) is 2. The first-order chi connectivity index (χ1) is 8.88.